The number of fused-ring (bicyclic) bond motifs is 1. The molecule has 0 unspecified atom stereocenters. The third kappa shape index (κ3) is 2.49. The Morgan fingerprint density at radius 2 is 1.95 bits per heavy atom. The highest BCUT2D eigenvalue weighted by Crippen LogP contribution is 2.17. The van der Waals surface area contributed by atoms with E-state index in [1.807, 2.05) is 12.1 Å². The molecule has 0 amide bonds. The summed E-state index contributed by atoms with van der Waals surface area (Å²) in [6.07, 6.45) is 1.16. The number of rotatable bonds is 3. The fourth-order valence-corrected chi connectivity index (χ4v) is 2.12. The van der Waals surface area contributed by atoms with E-state index in [9.17, 15) is 14.9 Å². The Morgan fingerprint density at radius 1 is 1.18 bits per heavy atom. The normalized spacial score (nSPS) is 10.7. The van der Waals surface area contributed by atoms with E-state index in [4.69, 9.17) is 5.73 Å². The predicted octanol–water partition coefficient (Wildman–Crippen LogP) is 1.33. The second-order valence-corrected chi connectivity index (χ2v) is 4.65. The molecule has 0 spiro atoms. The van der Waals surface area contributed by atoms with Gasteiger partial charge in [-0.25, -0.2) is 9.97 Å². The molecule has 2 N–H and O–H groups in total. The largest absolute Gasteiger partial charge is 0.383 e. The molecule has 0 bridgehead atoms. The van der Waals surface area contributed by atoms with Gasteiger partial charge in [-0.1, -0.05) is 12.1 Å². The van der Waals surface area contributed by atoms with Gasteiger partial charge in [0.05, 0.1) is 23.2 Å². The summed E-state index contributed by atoms with van der Waals surface area (Å²) in [6.45, 7) is 0.00947. The summed E-state index contributed by atoms with van der Waals surface area (Å²) >= 11 is 0. The third-order valence-electron chi connectivity index (χ3n) is 3.17. The molecule has 1 aromatic carbocycles. The van der Waals surface area contributed by atoms with Gasteiger partial charge in [0.2, 0.25) is 0 Å². The number of hydrogen-bond donors (Lipinski definition) is 1. The van der Waals surface area contributed by atoms with Crippen molar-refractivity contribution in [1.29, 1.82) is 0 Å². The van der Waals surface area contributed by atoms with Crippen LogP contribution in [0.4, 0.5) is 11.5 Å². The molecule has 0 aliphatic carbocycles. The summed E-state index contributed by atoms with van der Waals surface area (Å²) in [7, 11) is 0. The molecule has 0 aliphatic rings. The highest BCUT2D eigenvalue weighted by molar-refractivity contribution is 5.87. The number of anilines is 1. The fourth-order valence-electron chi connectivity index (χ4n) is 2.12. The maximum absolute atomic E-state index is 11.8. The van der Waals surface area contributed by atoms with Gasteiger partial charge in [0.1, 0.15) is 5.82 Å². The van der Waals surface area contributed by atoms with Crippen molar-refractivity contribution in [3.05, 3.63) is 68.9 Å². The van der Waals surface area contributed by atoms with Crippen LogP contribution in [0.2, 0.25) is 0 Å². The Labute approximate surface area is 124 Å². The summed E-state index contributed by atoms with van der Waals surface area (Å²) in [5.41, 5.74) is 5.99. The van der Waals surface area contributed by atoms with E-state index in [2.05, 4.69) is 9.97 Å². The van der Waals surface area contributed by atoms with Crippen LogP contribution in [0.15, 0.2) is 47.4 Å². The van der Waals surface area contributed by atoms with Crippen LogP contribution in [0, 0.1) is 10.1 Å². The Morgan fingerprint density at radius 3 is 2.73 bits per heavy atom. The number of para-hydroxylation sites is 1. The number of pyridine rings is 1. The van der Waals surface area contributed by atoms with Crippen molar-refractivity contribution in [1.82, 2.24) is 14.5 Å². The number of nitrogens with zero attached hydrogens (tertiary/aromatic N) is 4. The molecule has 0 saturated heterocycles. The number of nitrogen functional groups attached to an aromatic ring is 1. The van der Waals surface area contributed by atoms with Crippen LogP contribution >= 0.6 is 0 Å². The van der Waals surface area contributed by atoms with E-state index in [1.54, 1.807) is 12.1 Å². The van der Waals surface area contributed by atoms with Crippen LogP contribution in [0.1, 0.15) is 5.82 Å². The van der Waals surface area contributed by atoms with Gasteiger partial charge in [-0.3, -0.25) is 14.9 Å². The van der Waals surface area contributed by atoms with Crippen molar-refractivity contribution in [3.63, 3.8) is 0 Å². The quantitative estimate of drug-likeness (QED) is 0.575. The van der Waals surface area contributed by atoms with Gasteiger partial charge in [0, 0.05) is 17.5 Å². The lowest BCUT2D eigenvalue weighted by Gasteiger charge is -2.07. The van der Waals surface area contributed by atoms with Crippen molar-refractivity contribution in [2.45, 2.75) is 6.54 Å². The maximum atomic E-state index is 11.8. The van der Waals surface area contributed by atoms with Crippen molar-refractivity contribution < 1.29 is 4.92 Å². The second-order valence-electron chi connectivity index (χ2n) is 4.65. The van der Waals surface area contributed by atoms with Crippen molar-refractivity contribution in [3.8, 4) is 0 Å². The van der Waals surface area contributed by atoms with Gasteiger partial charge in [0.15, 0.2) is 5.82 Å². The summed E-state index contributed by atoms with van der Waals surface area (Å²) in [6, 6.07) is 9.53. The zero-order valence-corrected chi connectivity index (χ0v) is 11.3. The molecule has 0 radical (unpaired) electrons. The number of nitro groups is 1. The lowest BCUT2D eigenvalue weighted by Crippen LogP contribution is -2.20. The lowest BCUT2D eigenvalue weighted by atomic mass is 10.2. The zero-order valence-electron chi connectivity index (χ0n) is 11.3. The zero-order chi connectivity index (χ0) is 15.7. The smallest absolute Gasteiger partial charge is 0.285 e. The van der Waals surface area contributed by atoms with Gasteiger partial charge in [-0.2, -0.15) is 0 Å². The van der Waals surface area contributed by atoms with Crippen LogP contribution < -0.4 is 11.3 Å². The van der Waals surface area contributed by atoms with Gasteiger partial charge in [-0.05, 0) is 12.1 Å². The van der Waals surface area contributed by atoms with Crippen molar-refractivity contribution in [2.75, 3.05) is 5.73 Å². The first kappa shape index (κ1) is 13.7. The Bertz CT molecular complexity index is 935. The maximum Gasteiger partial charge on any atom is 0.285 e. The first-order valence-electron chi connectivity index (χ1n) is 6.40. The molecular formula is C14H11N5O3. The topological polar surface area (TPSA) is 117 Å². The third-order valence-corrected chi connectivity index (χ3v) is 3.17. The van der Waals surface area contributed by atoms with Crippen molar-refractivity contribution >= 4 is 22.4 Å². The summed E-state index contributed by atoms with van der Waals surface area (Å²) in [5, 5.41) is 11.5. The van der Waals surface area contributed by atoms with E-state index >= 15 is 0 Å². The molecular weight excluding hydrogens is 286 g/mol. The molecule has 3 aromatic rings. The Hall–Kier alpha value is -3.29. The Balaban J connectivity index is 2.05. The van der Waals surface area contributed by atoms with Crippen LogP contribution in [-0.2, 0) is 6.54 Å². The first-order valence-corrected chi connectivity index (χ1v) is 6.40. The average molecular weight is 297 g/mol. The summed E-state index contributed by atoms with van der Waals surface area (Å²) < 4.78 is 1.18. The number of aromatic nitrogens is 3. The molecule has 22 heavy (non-hydrogen) atoms. The van der Waals surface area contributed by atoms with Gasteiger partial charge >= 0.3 is 0 Å². The van der Waals surface area contributed by atoms with Gasteiger partial charge < -0.3 is 10.3 Å². The minimum atomic E-state index is -0.564. The molecule has 2 aromatic heterocycles. The average Bonchev–Trinajstić information content (AvgIpc) is 2.49. The first-order chi connectivity index (χ1) is 10.5. The Kier molecular flexibility index (Phi) is 3.26. The van der Waals surface area contributed by atoms with E-state index in [0.29, 0.717) is 17.2 Å². The molecule has 0 aliphatic heterocycles. The SMILES string of the molecule is Nc1nc(Cn2cc([N+](=O)[O-])ccc2=O)nc2ccccc12. The molecule has 2 heterocycles. The predicted molar refractivity (Wildman–Crippen MR) is 80.4 cm³/mol. The molecule has 8 nitrogen and oxygen atoms in total. The standard InChI is InChI=1S/C14H11N5O3/c15-14-10-3-1-2-4-11(10)16-12(17-14)8-18-7-9(19(21)22)5-6-13(18)20/h1-7H,8H2,(H2,15,16,17). The fraction of sp³-hybridized carbons (Fsp3) is 0.0714. The number of nitrogens with two attached hydrogens (primary N) is 1. The van der Waals surface area contributed by atoms with Crippen LogP contribution in [-0.4, -0.2) is 19.5 Å². The lowest BCUT2D eigenvalue weighted by molar-refractivity contribution is -0.385. The van der Waals surface area contributed by atoms with Gasteiger partial charge in [0.25, 0.3) is 11.2 Å². The highest BCUT2D eigenvalue weighted by Gasteiger charge is 2.10. The molecule has 0 saturated carbocycles. The summed E-state index contributed by atoms with van der Waals surface area (Å²) in [5.74, 6) is 0.623. The molecule has 8 heteroatoms. The van der Waals surface area contributed by atoms with Crippen LogP contribution in [0.5, 0.6) is 0 Å². The van der Waals surface area contributed by atoms with Crippen LogP contribution in [0.25, 0.3) is 10.9 Å². The molecule has 110 valence electrons. The highest BCUT2D eigenvalue weighted by atomic mass is 16.6. The van der Waals surface area contributed by atoms with Crippen molar-refractivity contribution in [2.24, 2.45) is 0 Å². The van der Waals surface area contributed by atoms with Crippen LogP contribution in [0.3, 0.4) is 0 Å². The molecule has 0 atom stereocenters. The van der Waals surface area contributed by atoms with E-state index in [-0.39, 0.29) is 17.8 Å². The minimum Gasteiger partial charge on any atom is -0.383 e. The number of benzene rings is 1. The minimum absolute atomic E-state index is 0.00947. The second kappa shape index (κ2) is 5.24. The summed E-state index contributed by atoms with van der Waals surface area (Å²) in [4.78, 5) is 30.5. The van der Waals surface area contributed by atoms with E-state index in [0.717, 1.165) is 23.7 Å². The number of hydrogen-bond acceptors (Lipinski definition) is 6. The van der Waals surface area contributed by atoms with Gasteiger partial charge in [-0.15, -0.1) is 0 Å². The van der Waals surface area contributed by atoms with E-state index < -0.39 is 4.92 Å². The monoisotopic (exact) mass is 297 g/mol. The molecule has 3 rings (SSSR count). The molecule has 0 fully saturated rings. The van der Waals surface area contributed by atoms with E-state index in [1.165, 1.54) is 4.57 Å².